The second-order valence-electron chi connectivity index (χ2n) is 8.79. The van der Waals surface area contributed by atoms with Gasteiger partial charge in [0.1, 0.15) is 5.82 Å². The van der Waals surface area contributed by atoms with E-state index in [0.29, 0.717) is 16.3 Å². The van der Waals surface area contributed by atoms with Crippen LogP contribution in [0.3, 0.4) is 0 Å². The third kappa shape index (κ3) is 4.82. The Morgan fingerprint density at radius 3 is 2.41 bits per heavy atom. The molecule has 0 aliphatic carbocycles. The van der Waals surface area contributed by atoms with E-state index in [1.165, 1.54) is 6.07 Å². The maximum absolute atomic E-state index is 14.3. The van der Waals surface area contributed by atoms with Crippen molar-refractivity contribution in [3.05, 3.63) is 94.9 Å². The molecule has 34 heavy (non-hydrogen) atoms. The van der Waals surface area contributed by atoms with Gasteiger partial charge in [-0.25, -0.2) is 9.18 Å². The summed E-state index contributed by atoms with van der Waals surface area (Å²) in [6.07, 6.45) is 1.60. The minimum absolute atomic E-state index is 0.272. The van der Waals surface area contributed by atoms with Gasteiger partial charge >= 0.3 is 6.03 Å². The number of carbonyl (C=O) groups excluding carboxylic acids is 1. The minimum Gasteiger partial charge on any atom is -0.377 e. The van der Waals surface area contributed by atoms with Gasteiger partial charge in [0.05, 0.1) is 27.8 Å². The molecule has 0 fully saturated rings. The molecule has 3 aromatic carbocycles. The van der Waals surface area contributed by atoms with Crippen LogP contribution in [0.1, 0.15) is 37.9 Å². The summed E-state index contributed by atoms with van der Waals surface area (Å²) in [5, 5.41) is 7.42. The first-order valence-electron chi connectivity index (χ1n) is 10.9. The SMILES string of the molecule is CC(Nc1c(Cl)cnc2ccc(-c3ccc(C(C)(C)NC(N)=O)cc3)cc12)c1ccccc1F. The van der Waals surface area contributed by atoms with Crippen LogP contribution in [0.5, 0.6) is 0 Å². The number of pyridine rings is 1. The molecule has 1 heterocycles. The Morgan fingerprint density at radius 2 is 1.74 bits per heavy atom. The molecule has 7 heteroatoms. The summed E-state index contributed by atoms with van der Waals surface area (Å²) in [5.74, 6) is -0.272. The highest BCUT2D eigenvalue weighted by atomic mass is 35.5. The lowest BCUT2D eigenvalue weighted by atomic mass is 9.92. The minimum atomic E-state index is -0.592. The van der Waals surface area contributed by atoms with Crippen molar-refractivity contribution in [2.75, 3.05) is 5.32 Å². The van der Waals surface area contributed by atoms with Crippen molar-refractivity contribution >= 4 is 34.2 Å². The number of halogens is 2. The molecule has 1 atom stereocenters. The van der Waals surface area contributed by atoms with Gasteiger partial charge in [0.25, 0.3) is 0 Å². The van der Waals surface area contributed by atoms with E-state index in [4.69, 9.17) is 17.3 Å². The quantitative estimate of drug-likeness (QED) is 0.287. The van der Waals surface area contributed by atoms with Crippen LogP contribution in [0.4, 0.5) is 14.9 Å². The molecule has 1 aromatic heterocycles. The number of fused-ring (bicyclic) bond motifs is 1. The number of anilines is 1. The highest BCUT2D eigenvalue weighted by molar-refractivity contribution is 6.34. The highest BCUT2D eigenvalue weighted by Crippen LogP contribution is 2.35. The first-order chi connectivity index (χ1) is 16.2. The number of nitrogens with zero attached hydrogens (tertiary/aromatic N) is 1. The Balaban J connectivity index is 1.70. The summed E-state index contributed by atoms with van der Waals surface area (Å²) in [5.41, 5.74) is 9.65. The van der Waals surface area contributed by atoms with Crippen LogP contribution >= 0.6 is 11.6 Å². The number of hydrogen-bond acceptors (Lipinski definition) is 3. The Hall–Kier alpha value is -3.64. The van der Waals surface area contributed by atoms with E-state index in [9.17, 15) is 9.18 Å². The number of amides is 2. The molecule has 0 saturated carbocycles. The fourth-order valence-corrected chi connectivity index (χ4v) is 4.28. The van der Waals surface area contributed by atoms with Gasteiger partial charge in [-0.2, -0.15) is 0 Å². The fraction of sp³-hybridized carbons (Fsp3) is 0.185. The number of nitrogens with two attached hydrogens (primary N) is 1. The zero-order valence-corrected chi connectivity index (χ0v) is 20.0. The summed E-state index contributed by atoms with van der Waals surface area (Å²) in [6.45, 7) is 5.68. The van der Waals surface area contributed by atoms with Gasteiger partial charge in [-0.3, -0.25) is 4.98 Å². The standard InChI is InChI=1S/C27H26ClFN4O/c1-16(20-6-4-5-7-23(20)29)32-25-21-14-18(10-13-24(21)31-15-22(25)28)17-8-11-19(12-9-17)27(2,3)33-26(30)34/h4-16H,1-3H3,(H,31,32)(H3,30,33,34). The van der Waals surface area contributed by atoms with Crippen LogP contribution in [0.15, 0.2) is 72.9 Å². The van der Waals surface area contributed by atoms with Gasteiger partial charge in [-0.1, -0.05) is 60.1 Å². The van der Waals surface area contributed by atoms with Crippen molar-refractivity contribution in [3.63, 3.8) is 0 Å². The highest BCUT2D eigenvalue weighted by Gasteiger charge is 2.21. The van der Waals surface area contributed by atoms with E-state index < -0.39 is 11.6 Å². The predicted molar refractivity (Wildman–Crippen MR) is 136 cm³/mol. The number of urea groups is 1. The number of primary amides is 1. The molecule has 5 nitrogen and oxygen atoms in total. The smallest absolute Gasteiger partial charge is 0.312 e. The first kappa shape index (κ1) is 23.5. The van der Waals surface area contributed by atoms with Crippen LogP contribution < -0.4 is 16.4 Å². The number of rotatable bonds is 6. The van der Waals surface area contributed by atoms with Gasteiger partial charge < -0.3 is 16.4 Å². The topological polar surface area (TPSA) is 80.0 Å². The van der Waals surface area contributed by atoms with Gasteiger partial charge in [0.2, 0.25) is 0 Å². The van der Waals surface area contributed by atoms with Crippen molar-refractivity contribution in [2.45, 2.75) is 32.4 Å². The number of hydrogen-bond donors (Lipinski definition) is 3. The molecule has 0 spiro atoms. The summed E-state index contributed by atoms with van der Waals surface area (Å²) in [6, 6.07) is 19.7. The lowest BCUT2D eigenvalue weighted by Crippen LogP contribution is -2.43. The van der Waals surface area contributed by atoms with E-state index in [1.54, 1.807) is 18.3 Å². The second-order valence-corrected chi connectivity index (χ2v) is 9.20. The van der Waals surface area contributed by atoms with E-state index in [2.05, 4.69) is 15.6 Å². The fourth-order valence-electron chi connectivity index (χ4n) is 4.07. The number of aromatic nitrogens is 1. The molecule has 0 bridgehead atoms. The Bertz CT molecular complexity index is 1350. The molecule has 4 N–H and O–H groups in total. The number of benzene rings is 3. The third-order valence-electron chi connectivity index (χ3n) is 5.93. The molecule has 0 radical (unpaired) electrons. The average Bonchev–Trinajstić information content (AvgIpc) is 2.80. The van der Waals surface area contributed by atoms with Crippen molar-refractivity contribution in [2.24, 2.45) is 5.73 Å². The second kappa shape index (κ2) is 9.31. The number of nitrogens with one attached hydrogen (secondary N) is 2. The molecule has 2 amide bonds. The van der Waals surface area contributed by atoms with E-state index in [-0.39, 0.29) is 11.9 Å². The summed E-state index contributed by atoms with van der Waals surface area (Å²) >= 11 is 6.52. The van der Waals surface area contributed by atoms with Crippen molar-refractivity contribution < 1.29 is 9.18 Å². The normalized spacial score (nSPS) is 12.4. The molecule has 174 valence electrons. The average molecular weight is 477 g/mol. The molecule has 4 aromatic rings. The van der Waals surface area contributed by atoms with E-state index in [0.717, 1.165) is 27.6 Å². The van der Waals surface area contributed by atoms with Gasteiger partial charge in [-0.15, -0.1) is 0 Å². The van der Waals surface area contributed by atoms with Gasteiger partial charge in [0, 0.05) is 17.1 Å². The van der Waals surface area contributed by atoms with Crippen molar-refractivity contribution in [1.29, 1.82) is 0 Å². The zero-order valence-electron chi connectivity index (χ0n) is 19.2. The van der Waals surface area contributed by atoms with Crippen molar-refractivity contribution in [1.82, 2.24) is 10.3 Å². The monoisotopic (exact) mass is 476 g/mol. The van der Waals surface area contributed by atoms with Gasteiger partial charge in [0.15, 0.2) is 0 Å². The molecule has 1 unspecified atom stereocenters. The first-order valence-corrected chi connectivity index (χ1v) is 11.3. The van der Waals surface area contributed by atoms with E-state index >= 15 is 0 Å². The Morgan fingerprint density at radius 1 is 1.06 bits per heavy atom. The van der Waals surface area contributed by atoms with Crippen LogP contribution in [0.2, 0.25) is 5.02 Å². The van der Waals surface area contributed by atoms with E-state index in [1.807, 2.05) is 69.3 Å². The maximum atomic E-state index is 14.3. The summed E-state index contributed by atoms with van der Waals surface area (Å²) in [4.78, 5) is 15.8. The molecule has 0 aliphatic heterocycles. The van der Waals surface area contributed by atoms with Crippen LogP contribution in [-0.4, -0.2) is 11.0 Å². The largest absolute Gasteiger partial charge is 0.377 e. The predicted octanol–water partition coefficient (Wildman–Crippen LogP) is 6.77. The molecular formula is C27H26ClFN4O. The van der Waals surface area contributed by atoms with Gasteiger partial charge in [-0.05, 0) is 55.7 Å². The maximum Gasteiger partial charge on any atom is 0.312 e. The molecule has 0 aliphatic rings. The van der Waals surface area contributed by atoms with Crippen molar-refractivity contribution in [3.8, 4) is 11.1 Å². The number of carbonyl (C=O) groups is 1. The lowest BCUT2D eigenvalue weighted by Gasteiger charge is -2.26. The summed E-state index contributed by atoms with van der Waals surface area (Å²) in [7, 11) is 0. The molecule has 0 saturated heterocycles. The van der Waals surface area contributed by atoms with Crippen LogP contribution in [-0.2, 0) is 5.54 Å². The third-order valence-corrected chi connectivity index (χ3v) is 6.22. The molecule has 4 rings (SSSR count). The zero-order chi connectivity index (χ0) is 24.5. The molecular weight excluding hydrogens is 451 g/mol. The van der Waals surface area contributed by atoms with Crippen LogP contribution in [0.25, 0.3) is 22.0 Å². The summed E-state index contributed by atoms with van der Waals surface area (Å²) < 4.78 is 14.3. The van der Waals surface area contributed by atoms with Crippen LogP contribution in [0, 0.1) is 5.82 Å². The lowest BCUT2D eigenvalue weighted by molar-refractivity contribution is 0.238. The Kier molecular flexibility index (Phi) is 6.44. The Labute approximate surface area is 203 Å².